The molecule has 1 fully saturated rings. The quantitative estimate of drug-likeness (QED) is 0.683. The average molecular weight is 336 g/mol. The molecule has 5 rings (SSSR count). The van der Waals surface area contributed by atoms with Gasteiger partial charge in [-0.1, -0.05) is 6.07 Å². The van der Waals surface area contributed by atoms with Crippen LogP contribution in [0.4, 0.5) is 0 Å². The molecule has 2 aliphatic carbocycles. The van der Waals surface area contributed by atoms with Crippen LogP contribution in [-0.2, 0) is 15.9 Å². The van der Waals surface area contributed by atoms with Crippen LogP contribution in [0.1, 0.15) is 62.9 Å². The summed E-state index contributed by atoms with van der Waals surface area (Å²) in [4.78, 5) is 25.9. The monoisotopic (exact) mass is 336 g/mol. The van der Waals surface area contributed by atoms with Gasteiger partial charge in [-0.2, -0.15) is 0 Å². The Morgan fingerprint density at radius 1 is 1.00 bits per heavy atom. The molecular formula is C20H16O5. The number of ether oxygens (including phenoxy) is 2. The Morgan fingerprint density at radius 3 is 2.56 bits per heavy atom. The largest absolute Gasteiger partial charge is 0.508 e. The lowest BCUT2D eigenvalue weighted by Crippen LogP contribution is -2.25. The Balaban J connectivity index is 1.69. The predicted molar refractivity (Wildman–Crippen MR) is 87.9 cm³/mol. The SMILES string of the molecule is CC1(C)OC2Cc3c(ccc4c3C(=O)c3cc(O)ccc3C4=O)C2O1. The van der Waals surface area contributed by atoms with Gasteiger partial charge in [0.2, 0.25) is 0 Å². The predicted octanol–water partition coefficient (Wildman–Crippen LogP) is 2.92. The highest BCUT2D eigenvalue weighted by molar-refractivity contribution is 6.29. The molecule has 1 N–H and O–H groups in total. The van der Waals surface area contributed by atoms with E-state index in [9.17, 15) is 14.7 Å². The minimum Gasteiger partial charge on any atom is -0.508 e. The summed E-state index contributed by atoms with van der Waals surface area (Å²) in [6.45, 7) is 3.74. The van der Waals surface area contributed by atoms with E-state index in [0.717, 1.165) is 11.1 Å². The highest BCUT2D eigenvalue weighted by atomic mass is 16.8. The second kappa shape index (κ2) is 4.56. The number of hydrogen-bond acceptors (Lipinski definition) is 5. The van der Waals surface area contributed by atoms with E-state index in [1.807, 2.05) is 19.9 Å². The molecule has 25 heavy (non-hydrogen) atoms. The van der Waals surface area contributed by atoms with E-state index in [2.05, 4.69) is 0 Å². The molecule has 0 saturated carbocycles. The zero-order valence-corrected chi connectivity index (χ0v) is 13.8. The molecule has 1 aliphatic heterocycles. The highest BCUT2D eigenvalue weighted by Crippen LogP contribution is 2.48. The molecule has 5 heteroatoms. The maximum Gasteiger partial charge on any atom is 0.194 e. The molecule has 1 heterocycles. The van der Waals surface area contributed by atoms with Crippen molar-refractivity contribution >= 4 is 11.6 Å². The Bertz CT molecular complexity index is 972. The molecule has 2 aromatic rings. The van der Waals surface area contributed by atoms with E-state index < -0.39 is 5.79 Å². The molecule has 0 radical (unpaired) electrons. The fraction of sp³-hybridized carbons (Fsp3) is 0.300. The van der Waals surface area contributed by atoms with E-state index in [1.54, 1.807) is 6.07 Å². The van der Waals surface area contributed by atoms with Crippen LogP contribution in [-0.4, -0.2) is 28.6 Å². The van der Waals surface area contributed by atoms with Gasteiger partial charge >= 0.3 is 0 Å². The first-order valence-electron chi connectivity index (χ1n) is 8.29. The van der Waals surface area contributed by atoms with Crippen molar-refractivity contribution < 1.29 is 24.2 Å². The zero-order chi connectivity index (χ0) is 17.5. The molecular weight excluding hydrogens is 320 g/mol. The number of rotatable bonds is 0. The lowest BCUT2D eigenvalue weighted by atomic mass is 9.80. The van der Waals surface area contributed by atoms with E-state index >= 15 is 0 Å². The first-order valence-corrected chi connectivity index (χ1v) is 8.29. The summed E-state index contributed by atoms with van der Waals surface area (Å²) in [6, 6.07) is 7.88. The van der Waals surface area contributed by atoms with Gasteiger partial charge in [0.05, 0.1) is 6.10 Å². The van der Waals surface area contributed by atoms with Gasteiger partial charge in [-0.05, 0) is 49.2 Å². The Kier molecular flexibility index (Phi) is 2.70. The minimum absolute atomic E-state index is 0.0267. The molecule has 2 atom stereocenters. The molecule has 5 nitrogen and oxygen atoms in total. The number of hydrogen-bond donors (Lipinski definition) is 1. The van der Waals surface area contributed by atoms with Crippen LogP contribution in [0.25, 0.3) is 0 Å². The number of fused-ring (bicyclic) bond motifs is 6. The number of aromatic hydroxyl groups is 1. The topological polar surface area (TPSA) is 72.8 Å². The molecule has 0 bridgehead atoms. The van der Waals surface area contributed by atoms with Gasteiger partial charge < -0.3 is 14.6 Å². The maximum absolute atomic E-state index is 13.1. The van der Waals surface area contributed by atoms with Gasteiger partial charge in [0, 0.05) is 28.7 Å². The van der Waals surface area contributed by atoms with Crippen molar-refractivity contribution in [3.63, 3.8) is 0 Å². The third-order valence-corrected chi connectivity index (χ3v) is 5.21. The normalized spacial score (nSPS) is 25.4. The van der Waals surface area contributed by atoms with Crippen molar-refractivity contribution in [2.24, 2.45) is 0 Å². The Hall–Kier alpha value is -2.50. The third-order valence-electron chi connectivity index (χ3n) is 5.21. The van der Waals surface area contributed by atoms with Crippen LogP contribution in [0.15, 0.2) is 30.3 Å². The van der Waals surface area contributed by atoms with E-state index in [1.165, 1.54) is 18.2 Å². The molecule has 3 aliphatic rings. The minimum atomic E-state index is -0.652. The first-order chi connectivity index (χ1) is 11.9. The lowest BCUT2D eigenvalue weighted by molar-refractivity contribution is -0.148. The standard InChI is InChI=1S/C20H16O5/c1-20(2)24-15-8-13-11(19(15)25-20)5-6-12-16(13)18(23)14-7-9(21)3-4-10(14)17(12)22/h3-7,15,19,21H,8H2,1-2H3. The summed E-state index contributed by atoms with van der Waals surface area (Å²) in [5.74, 6) is -1.09. The number of phenolic OH excluding ortho intramolecular Hbond substituents is 1. The summed E-state index contributed by atoms with van der Waals surface area (Å²) in [5.41, 5.74) is 3.18. The smallest absolute Gasteiger partial charge is 0.194 e. The summed E-state index contributed by atoms with van der Waals surface area (Å²) >= 11 is 0. The number of carbonyl (C=O) groups is 2. The van der Waals surface area contributed by atoms with Gasteiger partial charge in [-0.3, -0.25) is 9.59 Å². The molecule has 1 saturated heterocycles. The van der Waals surface area contributed by atoms with Crippen LogP contribution in [0, 0.1) is 0 Å². The fourth-order valence-electron chi connectivity index (χ4n) is 4.25. The molecule has 2 unspecified atom stereocenters. The van der Waals surface area contributed by atoms with Crippen LogP contribution < -0.4 is 0 Å². The molecule has 0 amide bonds. The van der Waals surface area contributed by atoms with Crippen molar-refractivity contribution in [3.05, 3.63) is 63.7 Å². The second-order valence-corrected chi connectivity index (χ2v) is 7.24. The Labute approximate surface area is 144 Å². The van der Waals surface area contributed by atoms with Crippen molar-refractivity contribution in [2.45, 2.75) is 38.3 Å². The summed E-state index contributed by atoms with van der Waals surface area (Å²) < 4.78 is 11.9. The van der Waals surface area contributed by atoms with Crippen LogP contribution in [0.2, 0.25) is 0 Å². The van der Waals surface area contributed by atoms with Crippen LogP contribution in [0.3, 0.4) is 0 Å². The number of benzene rings is 2. The second-order valence-electron chi connectivity index (χ2n) is 7.24. The average Bonchev–Trinajstić information content (AvgIpc) is 3.03. The Morgan fingerprint density at radius 2 is 1.76 bits per heavy atom. The summed E-state index contributed by atoms with van der Waals surface area (Å²) in [7, 11) is 0. The van der Waals surface area contributed by atoms with Crippen LogP contribution >= 0.6 is 0 Å². The molecule has 2 aromatic carbocycles. The lowest BCUT2D eigenvalue weighted by Gasteiger charge is -2.23. The zero-order valence-electron chi connectivity index (χ0n) is 13.8. The number of ketones is 2. The number of phenols is 1. The first kappa shape index (κ1) is 14.8. The molecule has 0 spiro atoms. The third kappa shape index (κ3) is 1.91. The van der Waals surface area contributed by atoms with Crippen LogP contribution in [0.5, 0.6) is 5.75 Å². The highest BCUT2D eigenvalue weighted by Gasteiger charge is 2.49. The molecule has 126 valence electrons. The van der Waals surface area contributed by atoms with E-state index in [0.29, 0.717) is 23.1 Å². The molecule has 0 aromatic heterocycles. The van der Waals surface area contributed by atoms with Gasteiger partial charge in [-0.15, -0.1) is 0 Å². The summed E-state index contributed by atoms with van der Waals surface area (Å²) in [5, 5.41) is 9.72. The van der Waals surface area contributed by atoms with Gasteiger partial charge in [0.1, 0.15) is 11.9 Å². The van der Waals surface area contributed by atoms with Crippen molar-refractivity contribution in [2.75, 3.05) is 0 Å². The summed E-state index contributed by atoms with van der Waals surface area (Å²) in [6.07, 6.45) is 0.175. The van der Waals surface area contributed by atoms with Gasteiger partial charge in [-0.25, -0.2) is 0 Å². The van der Waals surface area contributed by atoms with E-state index in [4.69, 9.17) is 9.47 Å². The van der Waals surface area contributed by atoms with Crippen molar-refractivity contribution in [1.82, 2.24) is 0 Å². The van der Waals surface area contributed by atoms with Crippen molar-refractivity contribution in [1.29, 1.82) is 0 Å². The fourth-order valence-corrected chi connectivity index (χ4v) is 4.25. The van der Waals surface area contributed by atoms with E-state index in [-0.39, 0.29) is 35.1 Å². The van der Waals surface area contributed by atoms with Gasteiger partial charge in [0.15, 0.2) is 17.4 Å². The van der Waals surface area contributed by atoms with Gasteiger partial charge in [0.25, 0.3) is 0 Å². The maximum atomic E-state index is 13.1. The van der Waals surface area contributed by atoms with Crippen molar-refractivity contribution in [3.8, 4) is 5.75 Å². The number of carbonyl (C=O) groups excluding carboxylic acids is 2.